The molecule has 0 spiro atoms. The van der Waals surface area contributed by atoms with Crippen molar-refractivity contribution < 1.29 is 14.2 Å². The van der Waals surface area contributed by atoms with Crippen LogP contribution in [-0.4, -0.2) is 71.8 Å². The maximum Gasteiger partial charge on any atom is 0.191 e. The van der Waals surface area contributed by atoms with Crippen LogP contribution < -0.4 is 16.0 Å². The molecule has 1 unspecified atom stereocenters. The molecule has 1 aromatic carbocycles. The molecule has 164 valence electrons. The van der Waals surface area contributed by atoms with E-state index < -0.39 is 0 Å². The van der Waals surface area contributed by atoms with E-state index in [2.05, 4.69) is 58.2 Å². The Morgan fingerprint density at radius 3 is 2.59 bits per heavy atom. The minimum absolute atomic E-state index is 0.0195. The predicted octanol–water partition coefficient (Wildman–Crippen LogP) is 2.10. The Balaban J connectivity index is 1.81. The number of nitrogens with one attached hydrogen (secondary N) is 3. The summed E-state index contributed by atoms with van der Waals surface area (Å²) in [5, 5.41) is 10.7. The molecule has 7 heteroatoms. The first-order valence-electron chi connectivity index (χ1n) is 10.6. The van der Waals surface area contributed by atoms with E-state index in [-0.39, 0.29) is 11.6 Å². The third-order valence-electron chi connectivity index (χ3n) is 5.28. The highest BCUT2D eigenvalue weighted by Crippen LogP contribution is 2.25. The molecule has 1 fully saturated rings. The number of aliphatic imine (C=N–C) groups is 1. The third-order valence-corrected chi connectivity index (χ3v) is 5.28. The number of rotatable bonds is 12. The van der Waals surface area contributed by atoms with E-state index >= 15 is 0 Å². The maximum absolute atomic E-state index is 5.63. The summed E-state index contributed by atoms with van der Waals surface area (Å²) in [5.41, 5.74) is 1.28. The number of guanidine groups is 1. The van der Waals surface area contributed by atoms with Crippen LogP contribution in [0.15, 0.2) is 35.3 Å². The van der Waals surface area contributed by atoms with E-state index in [0.717, 1.165) is 51.5 Å². The van der Waals surface area contributed by atoms with Crippen molar-refractivity contribution in [2.45, 2.75) is 37.8 Å². The fourth-order valence-corrected chi connectivity index (χ4v) is 3.52. The van der Waals surface area contributed by atoms with E-state index in [1.54, 1.807) is 14.2 Å². The summed E-state index contributed by atoms with van der Waals surface area (Å²) >= 11 is 0. The summed E-state index contributed by atoms with van der Waals surface area (Å²) in [7, 11) is 3.49. The second kappa shape index (κ2) is 13.5. The Bertz CT molecular complexity index is 577. The largest absolute Gasteiger partial charge is 0.382 e. The lowest BCUT2D eigenvalue weighted by atomic mass is 9.88. The minimum atomic E-state index is -0.0195. The Labute approximate surface area is 175 Å². The van der Waals surface area contributed by atoms with E-state index in [1.165, 1.54) is 5.56 Å². The fourth-order valence-electron chi connectivity index (χ4n) is 3.52. The summed E-state index contributed by atoms with van der Waals surface area (Å²) in [5.74, 6) is 0.821. The van der Waals surface area contributed by atoms with Crippen molar-refractivity contribution in [1.29, 1.82) is 0 Å². The molecule has 0 radical (unpaired) electrons. The van der Waals surface area contributed by atoms with Crippen molar-refractivity contribution >= 4 is 5.96 Å². The van der Waals surface area contributed by atoms with Gasteiger partial charge in [-0.3, -0.25) is 4.99 Å². The van der Waals surface area contributed by atoms with E-state index in [9.17, 15) is 0 Å². The molecule has 1 atom stereocenters. The molecule has 3 N–H and O–H groups in total. The summed E-state index contributed by atoms with van der Waals surface area (Å²) in [6, 6.07) is 10.9. The van der Waals surface area contributed by atoms with Crippen LogP contribution >= 0.6 is 0 Å². The number of ether oxygens (including phenoxy) is 3. The lowest BCUT2D eigenvalue weighted by Gasteiger charge is -2.41. The normalized spacial score (nSPS) is 17.7. The quantitative estimate of drug-likeness (QED) is 0.280. The molecule has 0 bridgehead atoms. The molecule has 1 aliphatic heterocycles. The first kappa shape index (κ1) is 23.6. The molecule has 1 heterocycles. The Hall–Kier alpha value is -1.67. The van der Waals surface area contributed by atoms with Gasteiger partial charge in [-0.1, -0.05) is 30.3 Å². The molecule has 29 heavy (non-hydrogen) atoms. The van der Waals surface area contributed by atoms with Gasteiger partial charge in [-0.05, 0) is 31.7 Å². The highest BCUT2D eigenvalue weighted by molar-refractivity contribution is 5.79. The van der Waals surface area contributed by atoms with Crippen LogP contribution in [0.2, 0.25) is 0 Å². The van der Waals surface area contributed by atoms with Crippen molar-refractivity contribution in [3.63, 3.8) is 0 Å². The van der Waals surface area contributed by atoms with Crippen molar-refractivity contribution in [3.8, 4) is 0 Å². The zero-order valence-corrected chi connectivity index (χ0v) is 18.2. The van der Waals surface area contributed by atoms with Crippen LogP contribution in [0.1, 0.15) is 37.8 Å². The average Bonchev–Trinajstić information content (AvgIpc) is 2.76. The monoisotopic (exact) mass is 406 g/mol. The summed E-state index contributed by atoms with van der Waals surface area (Å²) in [4.78, 5) is 4.36. The number of nitrogens with zero attached hydrogens (tertiary/aromatic N) is 1. The van der Waals surface area contributed by atoms with Crippen molar-refractivity contribution in [1.82, 2.24) is 16.0 Å². The molecular formula is C22H38N4O3. The van der Waals surface area contributed by atoms with E-state index in [0.29, 0.717) is 19.8 Å². The van der Waals surface area contributed by atoms with Crippen LogP contribution in [0.25, 0.3) is 0 Å². The van der Waals surface area contributed by atoms with Gasteiger partial charge in [-0.15, -0.1) is 0 Å². The van der Waals surface area contributed by atoms with Crippen LogP contribution in [0, 0.1) is 0 Å². The molecule has 0 aromatic heterocycles. The lowest BCUT2D eigenvalue weighted by Crippen LogP contribution is -2.58. The number of hydrogen-bond acceptors (Lipinski definition) is 5. The fraction of sp³-hybridized carbons (Fsp3) is 0.682. The highest BCUT2D eigenvalue weighted by Gasteiger charge is 2.34. The molecule has 0 amide bonds. The number of methoxy groups -OCH3 is 1. The highest BCUT2D eigenvalue weighted by atomic mass is 16.5. The van der Waals surface area contributed by atoms with Gasteiger partial charge in [-0.25, -0.2) is 0 Å². The predicted molar refractivity (Wildman–Crippen MR) is 117 cm³/mol. The number of benzene rings is 1. The van der Waals surface area contributed by atoms with Crippen LogP contribution in [0.3, 0.4) is 0 Å². The van der Waals surface area contributed by atoms with Crippen LogP contribution in [0.4, 0.5) is 0 Å². The topological polar surface area (TPSA) is 76.1 Å². The van der Waals surface area contributed by atoms with Gasteiger partial charge in [0.15, 0.2) is 5.96 Å². The minimum Gasteiger partial charge on any atom is -0.382 e. The first-order chi connectivity index (χ1) is 14.2. The van der Waals surface area contributed by atoms with Gasteiger partial charge in [0.1, 0.15) is 0 Å². The van der Waals surface area contributed by atoms with Crippen molar-refractivity contribution in [2.24, 2.45) is 4.99 Å². The Morgan fingerprint density at radius 2 is 1.90 bits per heavy atom. The van der Waals surface area contributed by atoms with Gasteiger partial charge in [0, 0.05) is 58.6 Å². The summed E-state index contributed by atoms with van der Waals surface area (Å²) < 4.78 is 16.1. The Morgan fingerprint density at radius 1 is 1.14 bits per heavy atom. The lowest BCUT2D eigenvalue weighted by molar-refractivity contribution is 0.0354. The second-order valence-corrected chi connectivity index (χ2v) is 7.48. The molecule has 1 aliphatic rings. The van der Waals surface area contributed by atoms with Gasteiger partial charge < -0.3 is 30.2 Å². The average molecular weight is 407 g/mol. The molecule has 7 nitrogen and oxygen atoms in total. The van der Waals surface area contributed by atoms with E-state index in [4.69, 9.17) is 14.2 Å². The SMILES string of the molecule is CN=C(NCCCOCCOC)NCC1(NC(C)c2ccccc2)CCOCC1. The first-order valence-corrected chi connectivity index (χ1v) is 10.6. The van der Waals surface area contributed by atoms with Crippen LogP contribution in [-0.2, 0) is 14.2 Å². The van der Waals surface area contributed by atoms with E-state index in [1.807, 2.05) is 0 Å². The molecule has 0 saturated carbocycles. The molecule has 2 rings (SSSR count). The van der Waals surface area contributed by atoms with Crippen molar-refractivity contribution in [2.75, 3.05) is 60.3 Å². The molecule has 0 aliphatic carbocycles. The molecule has 1 aromatic rings. The second-order valence-electron chi connectivity index (χ2n) is 7.48. The number of hydrogen-bond donors (Lipinski definition) is 3. The Kier molecular flexibility index (Phi) is 11.0. The summed E-state index contributed by atoms with van der Waals surface area (Å²) in [6.45, 7) is 7.39. The van der Waals surface area contributed by atoms with Gasteiger partial charge in [0.2, 0.25) is 0 Å². The maximum atomic E-state index is 5.63. The van der Waals surface area contributed by atoms with Gasteiger partial charge in [0.25, 0.3) is 0 Å². The standard InChI is InChI=1S/C22H38N4O3/c1-19(20-8-5-4-6-9-20)26-22(10-14-29-15-11-22)18-25-21(23-2)24-12-7-13-28-17-16-27-3/h4-6,8-9,19,26H,7,10-18H2,1-3H3,(H2,23,24,25). The van der Waals surface area contributed by atoms with Gasteiger partial charge >= 0.3 is 0 Å². The zero-order chi connectivity index (χ0) is 20.8. The van der Waals surface area contributed by atoms with Gasteiger partial charge in [0.05, 0.1) is 13.2 Å². The van der Waals surface area contributed by atoms with Crippen molar-refractivity contribution in [3.05, 3.63) is 35.9 Å². The summed E-state index contributed by atoms with van der Waals surface area (Å²) in [6.07, 6.45) is 2.87. The van der Waals surface area contributed by atoms with Crippen LogP contribution in [0.5, 0.6) is 0 Å². The third kappa shape index (κ3) is 8.70. The molecular weight excluding hydrogens is 368 g/mol. The smallest absolute Gasteiger partial charge is 0.191 e. The molecule has 1 saturated heterocycles. The zero-order valence-electron chi connectivity index (χ0n) is 18.2. The van der Waals surface area contributed by atoms with Gasteiger partial charge in [-0.2, -0.15) is 0 Å².